The highest BCUT2D eigenvalue weighted by Crippen LogP contribution is 2.27. The van der Waals surface area contributed by atoms with E-state index in [9.17, 15) is 9.59 Å². The van der Waals surface area contributed by atoms with Crippen LogP contribution in [0.5, 0.6) is 0 Å². The molecule has 2 aromatic rings. The zero-order chi connectivity index (χ0) is 22.5. The first-order chi connectivity index (χ1) is 14.8. The van der Waals surface area contributed by atoms with Crippen LogP contribution in [0.4, 0.5) is 5.82 Å². The van der Waals surface area contributed by atoms with Crippen LogP contribution in [0, 0.1) is 18.8 Å². The predicted octanol–water partition coefficient (Wildman–Crippen LogP) is 3.32. The molecule has 0 bridgehead atoms. The number of carbonyl (C=O) groups is 2. The molecule has 1 atom stereocenters. The van der Waals surface area contributed by atoms with Gasteiger partial charge in [-0.15, -0.1) is 0 Å². The number of anilines is 1. The Kier molecular flexibility index (Phi) is 7.64. The largest absolute Gasteiger partial charge is 0.383 e. The fourth-order valence-corrected chi connectivity index (χ4v) is 4.39. The number of aromatic nitrogens is 4. The molecule has 0 spiro atoms. The van der Waals surface area contributed by atoms with Crippen LogP contribution < -0.4 is 5.73 Å². The molecule has 3 heterocycles. The highest BCUT2D eigenvalue weighted by molar-refractivity contribution is 6.30. The lowest BCUT2D eigenvalue weighted by Crippen LogP contribution is -2.41. The van der Waals surface area contributed by atoms with Gasteiger partial charge in [0.1, 0.15) is 16.8 Å². The summed E-state index contributed by atoms with van der Waals surface area (Å²) >= 11 is 6.23. The van der Waals surface area contributed by atoms with E-state index >= 15 is 0 Å². The maximum Gasteiger partial charge on any atom is 0.225 e. The summed E-state index contributed by atoms with van der Waals surface area (Å²) in [6.07, 6.45) is 7.06. The minimum Gasteiger partial charge on any atom is -0.383 e. The second-order valence-electron chi connectivity index (χ2n) is 8.35. The van der Waals surface area contributed by atoms with E-state index in [1.54, 1.807) is 24.0 Å². The minimum absolute atomic E-state index is 0.0368. The SMILES string of the molecule is CCn1cc(C(=O)C[C@@H](C)C(=O)N2CCC(CCc3c(N)nc(C)nc3Cl)CC2)cn1. The molecule has 0 saturated carbocycles. The second kappa shape index (κ2) is 10.2. The normalized spacial score (nSPS) is 15.8. The quantitative estimate of drug-likeness (QED) is 0.492. The standard InChI is InChI=1S/C22H31ClN6O2/c1-4-29-13-17(12-25-29)19(30)11-14(2)22(31)28-9-7-16(8-10-28)5-6-18-20(23)26-15(3)27-21(18)24/h12-14,16H,4-11H2,1-3H3,(H2,24,26,27)/t14-/m1/s1. The highest BCUT2D eigenvalue weighted by atomic mass is 35.5. The van der Waals surface area contributed by atoms with Crippen LogP contribution in [0.2, 0.25) is 5.15 Å². The van der Waals surface area contributed by atoms with Gasteiger partial charge in [0.2, 0.25) is 5.91 Å². The van der Waals surface area contributed by atoms with Crippen molar-refractivity contribution in [3.05, 3.63) is 34.5 Å². The molecule has 1 aliphatic heterocycles. The number of aryl methyl sites for hydroxylation is 2. The van der Waals surface area contributed by atoms with Gasteiger partial charge in [0.15, 0.2) is 5.78 Å². The number of likely N-dealkylation sites (tertiary alicyclic amines) is 1. The Balaban J connectivity index is 1.46. The molecule has 3 rings (SSSR count). The average molecular weight is 447 g/mol. The molecule has 2 N–H and O–H groups in total. The highest BCUT2D eigenvalue weighted by Gasteiger charge is 2.28. The first-order valence-electron chi connectivity index (χ1n) is 10.9. The molecule has 9 heteroatoms. The third kappa shape index (κ3) is 5.81. The van der Waals surface area contributed by atoms with Crippen molar-refractivity contribution in [2.45, 2.75) is 59.4 Å². The van der Waals surface area contributed by atoms with Gasteiger partial charge < -0.3 is 10.6 Å². The number of nitrogens with zero attached hydrogens (tertiary/aromatic N) is 5. The summed E-state index contributed by atoms with van der Waals surface area (Å²) in [6, 6.07) is 0. The Morgan fingerprint density at radius 1 is 1.29 bits per heavy atom. The smallest absolute Gasteiger partial charge is 0.225 e. The molecule has 168 valence electrons. The van der Waals surface area contributed by atoms with Crippen molar-refractivity contribution in [2.75, 3.05) is 18.8 Å². The summed E-state index contributed by atoms with van der Waals surface area (Å²) < 4.78 is 1.72. The Bertz CT molecular complexity index is 913. The van der Waals surface area contributed by atoms with Gasteiger partial charge in [-0.2, -0.15) is 5.10 Å². The molecule has 8 nitrogen and oxygen atoms in total. The number of ketones is 1. The van der Waals surface area contributed by atoms with Crippen molar-refractivity contribution in [3.8, 4) is 0 Å². The Morgan fingerprint density at radius 3 is 2.61 bits per heavy atom. The van der Waals surface area contributed by atoms with Gasteiger partial charge in [-0.25, -0.2) is 9.97 Å². The van der Waals surface area contributed by atoms with Gasteiger partial charge in [-0.1, -0.05) is 18.5 Å². The van der Waals surface area contributed by atoms with Gasteiger partial charge >= 0.3 is 0 Å². The number of hydrogen-bond donors (Lipinski definition) is 1. The van der Waals surface area contributed by atoms with E-state index in [1.165, 1.54) is 0 Å². The van der Waals surface area contributed by atoms with Gasteiger partial charge in [-0.05, 0) is 45.4 Å². The van der Waals surface area contributed by atoms with Gasteiger partial charge in [0.25, 0.3) is 0 Å². The molecule has 1 aliphatic rings. The lowest BCUT2D eigenvalue weighted by atomic mass is 9.90. The number of piperidine rings is 1. The van der Waals surface area contributed by atoms with Gasteiger partial charge in [0, 0.05) is 43.7 Å². The van der Waals surface area contributed by atoms with E-state index in [0.29, 0.717) is 47.9 Å². The zero-order valence-corrected chi connectivity index (χ0v) is 19.2. The van der Waals surface area contributed by atoms with E-state index in [0.717, 1.165) is 31.2 Å². The van der Waals surface area contributed by atoms with E-state index in [-0.39, 0.29) is 24.0 Å². The number of nitrogen functional groups attached to an aromatic ring is 1. The number of Topliss-reactive ketones (excluding diaryl/α,β-unsaturated/α-hetero) is 1. The molecular weight excluding hydrogens is 416 g/mol. The summed E-state index contributed by atoms with van der Waals surface area (Å²) in [6.45, 7) is 7.71. The average Bonchev–Trinajstić information content (AvgIpc) is 3.22. The number of rotatable bonds is 8. The fraction of sp³-hybridized carbons (Fsp3) is 0.591. The monoisotopic (exact) mass is 446 g/mol. The lowest BCUT2D eigenvalue weighted by Gasteiger charge is -2.33. The van der Waals surface area contributed by atoms with Crippen LogP contribution in [0.15, 0.2) is 12.4 Å². The Morgan fingerprint density at radius 2 is 2.00 bits per heavy atom. The molecule has 1 fully saturated rings. The van der Waals surface area contributed by atoms with Gasteiger partial charge in [0.05, 0.1) is 11.8 Å². The van der Waals surface area contributed by atoms with E-state index in [4.69, 9.17) is 17.3 Å². The van der Waals surface area contributed by atoms with Crippen LogP contribution in [0.3, 0.4) is 0 Å². The molecule has 0 aromatic carbocycles. The molecule has 0 unspecified atom stereocenters. The topological polar surface area (TPSA) is 107 Å². The molecule has 0 radical (unpaired) electrons. The molecule has 0 aliphatic carbocycles. The van der Waals surface area contributed by atoms with Crippen LogP contribution in [-0.2, 0) is 17.8 Å². The lowest BCUT2D eigenvalue weighted by molar-refractivity contribution is -0.136. The maximum absolute atomic E-state index is 12.8. The van der Waals surface area contributed by atoms with Crippen LogP contribution in [0.1, 0.15) is 61.3 Å². The first-order valence-corrected chi connectivity index (χ1v) is 11.3. The summed E-state index contributed by atoms with van der Waals surface area (Å²) in [5.74, 6) is 1.20. The van der Waals surface area contributed by atoms with E-state index < -0.39 is 0 Å². The Hall–Kier alpha value is -2.48. The summed E-state index contributed by atoms with van der Waals surface area (Å²) in [5.41, 5.74) is 7.38. The number of nitrogens with two attached hydrogens (primary N) is 1. The van der Waals surface area contributed by atoms with Crippen molar-refractivity contribution < 1.29 is 9.59 Å². The van der Waals surface area contributed by atoms with Crippen molar-refractivity contribution in [1.82, 2.24) is 24.6 Å². The predicted molar refractivity (Wildman–Crippen MR) is 120 cm³/mol. The molecule has 2 aromatic heterocycles. The molecule has 31 heavy (non-hydrogen) atoms. The van der Waals surface area contributed by atoms with Crippen LogP contribution in [-0.4, -0.2) is 49.4 Å². The minimum atomic E-state index is -0.336. The van der Waals surface area contributed by atoms with E-state index in [2.05, 4.69) is 15.1 Å². The fourth-order valence-electron chi connectivity index (χ4n) is 4.08. The number of carbonyl (C=O) groups excluding carboxylic acids is 2. The van der Waals surface area contributed by atoms with Gasteiger partial charge in [-0.3, -0.25) is 14.3 Å². The number of amides is 1. The Labute approximate surface area is 188 Å². The summed E-state index contributed by atoms with van der Waals surface area (Å²) in [7, 11) is 0. The number of halogens is 1. The molecule has 1 amide bonds. The van der Waals surface area contributed by atoms with Crippen molar-refractivity contribution in [2.24, 2.45) is 11.8 Å². The zero-order valence-electron chi connectivity index (χ0n) is 18.5. The maximum atomic E-state index is 12.8. The van der Waals surface area contributed by atoms with Crippen molar-refractivity contribution in [1.29, 1.82) is 0 Å². The van der Waals surface area contributed by atoms with Crippen molar-refractivity contribution in [3.63, 3.8) is 0 Å². The molecule has 1 saturated heterocycles. The molecular formula is C22H31ClN6O2. The third-order valence-electron chi connectivity index (χ3n) is 6.02. The summed E-state index contributed by atoms with van der Waals surface area (Å²) in [5, 5.41) is 4.57. The first kappa shape index (κ1) is 23.2. The van der Waals surface area contributed by atoms with Crippen LogP contribution in [0.25, 0.3) is 0 Å². The third-order valence-corrected chi connectivity index (χ3v) is 6.33. The van der Waals surface area contributed by atoms with Crippen LogP contribution >= 0.6 is 11.6 Å². The van der Waals surface area contributed by atoms with Crippen molar-refractivity contribution >= 4 is 29.1 Å². The number of hydrogen-bond acceptors (Lipinski definition) is 6. The summed E-state index contributed by atoms with van der Waals surface area (Å²) in [4.78, 5) is 35.6. The second-order valence-corrected chi connectivity index (χ2v) is 8.70. The van der Waals surface area contributed by atoms with E-state index in [1.807, 2.05) is 18.7 Å².